The standard InChI is InChI=1S/C25H32ClF2N3OS.C6H9O4P.C2H6/c1-6-7-21(17(4)16(2)3)31-14-19(18(5)29-31)13-30-10-8-24(9-11-30)23-20(12-22(26)33-23)25(27,28)15-32-24;1-3(8)5(9)4(2-7)6(10)11;1-2/h6-7,12,14,16H,8-11,13,15H2,1-5H3;2,4-5,8-9H,1,11H2;1-2H3/b7-6-,21-17-;;/t;4-,5+;/m.1./s1. The molecule has 0 radical (unpaired) electrons. The van der Waals surface area contributed by atoms with E-state index in [-0.39, 0.29) is 11.8 Å². The molecule has 1 spiro atoms. The van der Waals surface area contributed by atoms with E-state index in [9.17, 15) is 18.4 Å². The van der Waals surface area contributed by atoms with Gasteiger partial charge in [0.1, 0.15) is 36.3 Å². The predicted octanol–water partition coefficient (Wildman–Crippen LogP) is 7.64. The zero-order chi connectivity index (χ0) is 35.0. The number of halogens is 3. The van der Waals surface area contributed by atoms with Crippen molar-refractivity contribution < 1.29 is 33.3 Å². The maximum Gasteiger partial charge on any atom is 0.297 e. The predicted molar refractivity (Wildman–Crippen MR) is 184 cm³/mol. The number of fused-ring (bicyclic) bond motifs is 2. The van der Waals surface area contributed by atoms with Gasteiger partial charge in [-0.15, -0.1) is 11.3 Å². The number of likely N-dealkylation sites (tertiary alicyclic amines) is 1. The number of rotatable bonds is 9. The minimum atomic E-state index is -2.97. The van der Waals surface area contributed by atoms with Crippen LogP contribution in [0.3, 0.4) is 0 Å². The van der Waals surface area contributed by atoms with Crippen LogP contribution in [0.5, 0.6) is 0 Å². The molecule has 2 aromatic heterocycles. The molecule has 0 saturated carbocycles. The van der Waals surface area contributed by atoms with Gasteiger partial charge in [-0.3, -0.25) is 9.69 Å². The molecular weight excluding hydrogens is 655 g/mol. The van der Waals surface area contributed by atoms with Crippen LogP contribution in [0.1, 0.15) is 76.1 Å². The number of carbonyl (C=O) groups is 2. The summed E-state index contributed by atoms with van der Waals surface area (Å²) in [5.41, 5.74) is 3.41. The molecule has 0 amide bonds. The van der Waals surface area contributed by atoms with Crippen LogP contribution in [0.25, 0.3) is 5.70 Å². The van der Waals surface area contributed by atoms with Crippen molar-refractivity contribution in [1.82, 2.24) is 14.7 Å². The molecule has 1 fully saturated rings. The van der Waals surface area contributed by atoms with Gasteiger partial charge in [0, 0.05) is 41.8 Å². The van der Waals surface area contributed by atoms with Gasteiger partial charge in [-0.05, 0) is 57.2 Å². The summed E-state index contributed by atoms with van der Waals surface area (Å²) in [7, 11) is 1.75. The van der Waals surface area contributed by atoms with Crippen LogP contribution in [-0.4, -0.2) is 62.5 Å². The SMILES string of the molecule is C/C=C\C(=C(/C)C(C)C)n1cc(CN2CCC3(CC2)OCC(F)(F)c2cc(Cl)sc23)c(C)n1.C=C(O)[C@H](O)[C@@H](C=O)C(=O)P.CC. The first kappa shape index (κ1) is 39.9. The van der Waals surface area contributed by atoms with E-state index in [4.69, 9.17) is 31.6 Å². The smallest absolute Gasteiger partial charge is 0.297 e. The third kappa shape index (κ3) is 9.42. The van der Waals surface area contributed by atoms with E-state index in [1.54, 1.807) is 9.24 Å². The number of hydrogen-bond acceptors (Lipinski definition) is 8. The van der Waals surface area contributed by atoms with Crippen LogP contribution in [0.2, 0.25) is 4.34 Å². The second-order valence-corrected chi connectivity index (χ2v) is 13.7. The Morgan fingerprint density at radius 1 is 1.30 bits per heavy atom. The van der Waals surface area contributed by atoms with Crippen LogP contribution < -0.4 is 0 Å². The number of allylic oxidation sites excluding steroid dienone is 4. The van der Waals surface area contributed by atoms with E-state index < -0.39 is 41.4 Å². The molecule has 2 aromatic rings. The molecule has 4 rings (SSSR count). The molecular formula is C33H47ClF2N3O5PS. The molecule has 1 saturated heterocycles. The van der Waals surface area contributed by atoms with Crippen LogP contribution in [0, 0.1) is 18.8 Å². The molecule has 0 aliphatic carbocycles. The van der Waals surface area contributed by atoms with Gasteiger partial charge < -0.3 is 19.7 Å². The maximum atomic E-state index is 14.4. The van der Waals surface area contributed by atoms with Gasteiger partial charge in [-0.25, -0.2) is 4.68 Å². The number of aliphatic hydroxyl groups excluding tert-OH is 2. The fourth-order valence-electron chi connectivity index (χ4n) is 5.15. The zero-order valence-electron chi connectivity index (χ0n) is 27.6. The van der Waals surface area contributed by atoms with Crippen LogP contribution in [-0.2, 0) is 32.4 Å². The third-order valence-corrected chi connectivity index (χ3v) is 9.93. The number of carbonyl (C=O) groups excluding carboxylic acids is 2. The second kappa shape index (κ2) is 17.2. The highest BCUT2D eigenvalue weighted by Gasteiger charge is 2.51. The number of thiophene rings is 1. The lowest BCUT2D eigenvalue weighted by molar-refractivity contribution is -0.182. The average molecular weight is 702 g/mol. The van der Waals surface area contributed by atoms with Gasteiger partial charge in [-0.2, -0.15) is 13.9 Å². The van der Waals surface area contributed by atoms with Crippen molar-refractivity contribution in [3.63, 3.8) is 0 Å². The highest BCUT2D eigenvalue weighted by atomic mass is 35.5. The van der Waals surface area contributed by atoms with Gasteiger partial charge in [0.25, 0.3) is 5.92 Å². The van der Waals surface area contributed by atoms with Crippen molar-refractivity contribution in [1.29, 1.82) is 0 Å². The largest absolute Gasteiger partial charge is 0.510 e. The molecule has 46 heavy (non-hydrogen) atoms. The number of piperidine rings is 1. The molecule has 0 bridgehead atoms. The van der Waals surface area contributed by atoms with Crippen LogP contribution in [0.15, 0.2) is 42.3 Å². The van der Waals surface area contributed by atoms with Crippen LogP contribution >= 0.6 is 32.2 Å². The molecule has 256 valence electrons. The third-order valence-electron chi connectivity index (χ3n) is 8.10. The number of nitrogens with zero attached hydrogens (tertiary/aromatic N) is 3. The minimum Gasteiger partial charge on any atom is -0.510 e. The molecule has 1 unspecified atom stereocenters. The fourth-order valence-corrected chi connectivity index (χ4v) is 6.89. The van der Waals surface area contributed by atoms with E-state index in [1.165, 1.54) is 28.5 Å². The molecule has 4 heterocycles. The second-order valence-electron chi connectivity index (χ2n) is 11.5. The van der Waals surface area contributed by atoms with Crippen molar-refractivity contribution in [2.24, 2.45) is 11.8 Å². The number of ether oxygens (including phenoxy) is 1. The van der Waals surface area contributed by atoms with Crippen molar-refractivity contribution in [3.8, 4) is 0 Å². The molecule has 0 aromatic carbocycles. The van der Waals surface area contributed by atoms with Crippen molar-refractivity contribution in [2.45, 2.75) is 85.5 Å². The first-order valence-electron chi connectivity index (χ1n) is 15.3. The summed E-state index contributed by atoms with van der Waals surface area (Å²) in [4.78, 5) is 23.7. The minimum absolute atomic E-state index is 0.0538. The molecule has 3 atom stereocenters. The van der Waals surface area contributed by atoms with Crippen molar-refractivity contribution in [3.05, 3.63) is 68.4 Å². The highest BCUT2D eigenvalue weighted by Crippen LogP contribution is 2.52. The Bertz CT molecular complexity index is 1430. The van der Waals surface area contributed by atoms with Crippen molar-refractivity contribution >= 4 is 49.7 Å². The average Bonchev–Trinajstić information content (AvgIpc) is 3.59. The Morgan fingerprint density at radius 3 is 2.39 bits per heavy atom. The maximum absolute atomic E-state index is 14.4. The summed E-state index contributed by atoms with van der Waals surface area (Å²) in [6.07, 6.45) is 6.39. The summed E-state index contributed by atoms with van der Waals surface area (Å²) < 4.78 is 37.0. The lowest BCUT2D eigenvalue weighted by Crippen LogP contribution is -2.48. The Morgan fingerprint density at radius 2 is 1.91 bits per heavy atom. The van der Waals surface area contributed by atoms with Crippen molar-refractivity contribution in [2.75, 3.05) is 19.7 Å². The molecule has 2 N–H and O–H groups in total. The number of aryl methyl sites for hydroxylation is 1. The molecule has 2 aliphatic rings. The first-order chi connectivity index (χ1) is 21.6. The lowest BCUT2D eigenvalue weighted by atomic mass is 9.84. The topological polar surface area (TPSA) is 105 Å². The number of aldehydes is 1. The number of alkyl halides is 2. The van der Waals surface area contributed by atoms with Gasteiger partial charge in [0.2, 0.25) is 0 Å². The normalized spacial score (nSPS) is 18.9. The lowest BCUT2D eigenvalue weighted by Gasteiger charge is -2.45. The first-order valence-corrected chi connectivity index (χ1v) is 17.1. The van der Waals surface area contributed by atoms with Gasteiger partial charge >= 0.3 is 0 Å². The number of hydrogen-bond donors (Lipinski definition) is 2. The summed E-state index contributed by atoms with van der Waals surface area (Å²) in [5, 5.41) is 22.3. The Balaban J connectivity index is 0.000000482. The summed E-state index contributed by atoms with van der Waals surface area (Å²) >= 11 is 7.37. The van der Waals surface area contributed by atoms with E-state index in [0.717, 1.165) is 31.0 Å². The summed E-state index contributed by atoms with van der Waals surface area (Å²) in [5.74, 6) is -4.37. The fraction of sp³-hybridized carbons (Fsp3) is 0.545. The zero-order valence-corrected chi connectivity index (χ0v) is 30.4. The van der Waals surface area contributed by atoms with Gasteiger partial charge in [-0.1, -0.05) is 61.2 Å². The summed E-state index contributed by atoms with van der Waals surface area (Å²) in [6, 6.07) is 1.42. The van der Waals surface area contributed by atoms with Crippen LogP contribution in [0.4, 0.5) is 8.78 Å². The molecule has 2 aliphatic heterocycles. The van der Waals surface area contributed by atoms with E-state index >= 15 is 0 Å². The number of aromatic nitrogens is 2. The van der Waals surface area contributed by atoms with E-state index in [2.05, 4.69) is 44.5 Å². The highest BCUT2D eigenvalue weighted by molar-refractivity contribution is 7.40. The molecule has 13 heteroatoms. The summed E-state index contributed by atoms with van der Waals surface area (Å²) in [6.45, 7) is 19.3. The molecule has 8 nitrogen and oxygen atoms in total. The van der Waals surface area contributed by atoms with E-state index in [0.29, 0.717) is 28.0 Å². The number of aliphatic hydroxyl groups is 2. The Labute approximate surface area is 282 Å². The monoisotopic (exact) mass is 701 g/mol. The Kier molecular flexibility index (Phi) is 14.9. The van der Waals surface area contributed by atoms with E-state index in [1.807, 2.05) is 38.5 Å². The van der Waals surface area contributed by atoms with Gasteiger partial charge in [0.05, 0.1) is 15.7 Å². The Hall–Kier alpha value is -2.27. The van der Waals surface area contributed by atoms with Gasteiger partial charge in [0.15, 0.2) is 5.52 Å². The quantitative estimate of drug-likeness (QED) is 0.0910.